The predicted octanol–water partition coefficient (Wildman–Crippen LogP) is 4.54. The summed E-state index contributed by atoms with van der Waals surface area (Å²) < 4.78 is 39.4. The zero-order chi connectivity index (χ0) is 23.3. The van der Waals surface area contributed by atoms with Gasteiger partial charge in [0.1, 0.15) is 4.70 Å². The molecule has 0 unspecified atom stereocenters. The van der Waals surface area contributed by atoms with E-state index in [1.807, 2.05) is 30.3 Å². The van der Waals surface area contributed by atoms with Crippen molar-refractivity contribution in [1.29, 1.82) is 0 Å². The van der Waals surface area contributed by atoms with Crippen LogP contribution in [-0.4, -0.2) is 26.6 Å². The van der Waals surface area contributed by atoms with Gasteiger partial charge in [0.25, 0.3) is 11.2 Å². The van der Waals surface area contributed by atoms with Crippen molar-refractivity contribution in [2.45, 2.75) is 19.1 Å². The van der Waals surface area contributed by atoms with Crippen molar-refractivity contribution >= 4 is 32.2 Å². The Morgan fingerprint density at radius 1 is 1.18 bits per heavy atom. The summed E-state index contributed by atoms with van der Waals surface area (Å²) in [5.41, 5.74) is 0.561. The van der Waals surface area contributed by atoms with E-state index in [4.69, 9.17) is 0 Å². The number of alkyl halides is 3. The smallest absolute Gasteiger partial charge is 0.343 e. The molecule has 2 aromatic carbocycles. The molecule has 33 heavy (non-hydrogen) atoms. The Hall–Kier alpha value is -3.80. The molecule has 3 heterocycles. The van der Waals surface area contributed by atoms with Crippen LogP contribution in [0.3, 0.4) is 0 Å². The van der Waals surface area contributed by atoms with E-state index in [2.05, 4.69) is 15.2 Å². The predicted molar refractivity (Wildman–Crippen MR) is 116 cm³/mol. The molecule has 0 atom stereocenters. The van der Waals surface area contributed by atoms with Gasteiger partial charge in [-0.25, -0.2) is 0 Å². The summed E-state index contributed by atoms with van der Waals surface area (Å²) in [6.45, 7) is 0.811. The molecule has 2 aromatic heterocycles. The number of benzene rings is 2. The number of nitrogens with one attached hydrogen (secondary N) is 1. The van der Waals surface area contributed by atoms with E-state index < -0.39 is 33.3 Å². The van der Waals surface area contributed by atoms with Crippen LogP contribution in [0.4, 0.5) is 24.0 Å². The van der Waals surface area contributed by atoms with Gasteiger partial charge in [-0.3, -0.25) is 20.0 Å². The SMILES string of the molecule is O=c1nc(N2CCc3[nH]nc(-c4ccccc4)c3C2)sc2c([N+](=O)[O-])cc(C(F)(F)F)cc12. The molecule has 1 aliphatic heterocycles. The van der Waals surface area contributed by atoms with Gasteiger partial charge in [0.15, 0.2) is 5.13 Å². The number of non-ortho nitro benzene ring substituents is 1. The van der Waals surface area contributed by atoms with Crippen LogP contribution in [-0.2, 0) is 19.1 Å². The minimum atomic E-state index is -4.83. The molecule has 12 heteroatoms. The van der Waals surface area contributed by atoms with E-state index in [9.17, 15) is 28.1 Å². The fourth-order valence-electron chi connectivity index (χ4n) is 3.87. The molecular formula is C21H14F3N5O3S. The molecule has 0 saturated heterocycles. The van der Waals surface area contributed by atoms with Gasteiger partial charge in [-0.05, 0) is 6.07 Å². The van der Waals surface area contributed by atoms with Crippen molar-refractivity contribution in [3.05, 3.63) is 79.8 Å². The van der Waals surface area contributed by atoms with Crippen molar-refractivity contribution in [2.75, 3.05) is 11.4 Å². The number of hydrogen-bond acceptors (Lipinski definition) is 7. The van der Waals surface area contributed by atoms with Gasteiger partial charge in [0.2, 0.25) is 0 Å². The van der Waals surface area contributed by atoms with Gasteiger partial charge in [-0.2, -0.15) is 23.3 Å². The number of halogens is 3. The normalized spacial score (nSPS) is 13.8. The lowest BCUT2D eigenvalue weighted by Crippen LogP contribution is -2.31. The first-order valence-corrected chi connectivity index (χ1v) is 10.6. The number of fused-ring (bicyclic) bond motifs is 2. The zero-order valence-corrected chi connectivity index (χ0v) is 17.5. The maximum atomic E-state index is 13.2. The van der Waals surface area contributed by atoms with Crippen LogP contribution in [0.15, 0.2) is 47.3 Å². The molecule has 168 valence electrons. The second-order valence-electron chi connectivity index (χ2n) is 7.50. The fraction of sp³-hybridized carbons (Fsp3) is 0.190. The van der Waals surface area contributed by atoms with Crippen LogP contribution in [0.5, 0.6) is 0 Å². The van der Waals surface area contributed by atoms with Crippen molar-refractivity contribution in [1.82, 2.24) is 15.2 Å². The Kier molecular flexibility index (Phi) is 4.89. The highest BCUT2D eigenvalue weighted by Gasteiger charge is 2.34. The molecule has 5 rings (SSSR count). The average Bonchev–Trinajstić information content (AvgIpc) is 3.21. The zero-order valence-electron chi connectivity index (χ0n) is 16.7. The highest BCUT2D eigenvalue weighted by molar-refractivity contribution is 7.22. The van der Waals surface area contributed by atoms with Crippen LogP contribution in [0.25, 0.3) is 21.3 Å². The van der Waals surface area contributed by atoms with Crippen LogP contribution in [0, 0.1) is 10.1 Å². The molecule has 4 aromatic rings. The molecule has 0 bridgehead atoms. The van der Waals surface area contributed by atoms with Crippen molar-refractivity contribution in [2.24, 2.45) is 0 Å². The third-order valence-corrected chi connectivity index (χ3v) is 6.63. The van der Waals surface area contributed by atoms with Crippen LogP contribution < -0.4 is 10.5 Å². The molecule has 8 nitrogen and oxygen atoms in total. The van der Waals surface area contributed by atoms with Gasteiger partial charge < -0.3 is 4.90 Å². The summed E-state index contributed by atoms with van der Waals surface area (Å²) in [5.74, 6) is 0. The number of H-pyrrole nitrogens is 1. The van der Waals surface area contributed by atoms with Crippen LogP contribution >= 0.6 is 11.3 Å². The Morgan fingerprint density at radius 3 is 2.64 bits per heavy atom. The summed E-state index contributed by atoms with van der Waals surface area (Å²) >= 11 is 0.836. The molecule has 0 radical (unpaired) electrons. The Labute approximate surface area is 187 Å². The van der Waals surface area contributed by atoms with Gasteiger partial charge >= 0.3 is 6.18 Å². The molecule has 0 amide bonds. The first-order chi connectivity index (χ1) is 15.7. The van der Waals surface area contributed by atoms with E-state index >= 15 is 0 Å². The second kappa shape index (κ2) is 7.66. The van der Waals surface area contributed by atoms with Crippen molar-refractivity contribution in [3.63, 3.8) is 0 Å². The van der Waals surface area contributed by atoms with Crippen LogP contribution in [0.2, 0.25) is 0 Å². The summed E-state index contributed by atoms with van der Waals surface area (Å²) in [6, 6.07) is 10.6. The highest BCUT2D eigenvalue weighted by Crippen LogP contribution is 2.39. The Balaban J connectivity index is 1.60. The van der Waals surface area contributed by atoms with E-state index in [0.717, 1.165) is 33.9 Å². The number of nitro groups is 1. The summed E-state index contributed by atoms with van der Waals surface area (Å²) in [7, 11) is 0. The average molecular weight is 473 g/mol. The standard InChI is InChI=1S/C21H14F3N5O3S/c22-21(23,24)12-8-13-18(16(9-12)29(31)32)33-20(25-19(13)30)28-7-6-15-14(10-28)17(27-26-15)11-4-2-1-3-5-11/h1-5,8-9H,6-7,10H2,(H,26,27). The van der Waals surface area contributed by atoms with E-state index in [1.165, 1.54) is 0 Å². The molecule has 1 aliphatic rings. The van der Waals surface area contributed by atoms with E-state index in [1.54, 1.807) is 4.90 Å². The lowest BCUT2D eigenvalue weighted by molar-refractivity contribution is -0.383. The third-order valence-electron chi connectivity index (χ3n) is 5.47. The van der Waals surface area contributed by atoms with Crippen molar-refractivity contribution in [3.8, 4) is 11.3 Å². The number of nitro benzene ring substituents is 1. The minimum Gasteiger partial charge on any atom is -0.343 e. The lowest BCUT2D eigenvalue weighted by Gasteiger charge is -2.27. The number of anilines is 1. The van der Waals surface area contributed by atoms with Gasteiger partial charge in [-0.1, -0.05) is 41.7 Å². The molecule has 0 aliphatic carbocycles. The summed E-state index contributed by atoms with van der Waals surface area (Å²) in [6.07, 6.45) is -4.25. The number of hydrogen-bond donors (Lipinski definition) is 1. The van der Waals surface area contributed by atoms with Crippen molar-refractivity contribution < 1.29 is 18.1 Å². The number of aromatic nitrogens is 3. The number of aromatic amines is 1. The quantitative estimate of drug-likeness (QED) is 0.346. The first-order valence-electron chi connectivity index (χ1n) is 9.79. The fourth-order valence-corrected chi connectivity index (χ4v) is 4.96. The highest BCUT2D eigenvalue weighted by atomic mass is 32.1. The van der Waals surface area contributed by atoms with Gasteiger partial charge in [0, 0.05) is 42.4 Å². The minimum absolute atomic E-state index is 0.135. The van der Waals surface area contributed by atoms with Gasteiger partial charge in [0.05, 0.1) is 21.6 Å². The topological polar surface area (TPSA) is 105 Å². The van der Waals surface area contributed by atoms with Gasteiger partial charge in [-0.15, -0.1) is 0 Å². The second-order valence-corrected chi connectivity index (χ2v) is 8.47. The first kappa shape index (κ1) is 21.1. The summed E-state index contributed by atoms with van der Waals surface area (Å²) in [4.78, 5) is 29.0. The molecule has 1 N–H and O–H groups in total. The third kappa shape index (κ3) is 3.71. The summed E-state index contributed by atoms with van der Waals surface area (Å²) in [5, 5.41) is 18.7. The molecule has 0 fully saturated rings. The molecule has 0 saturated carbocycles. The van der Waals surface area contributed by atoms with E-state index in [0.29, 0.717) is 31.6 Å². The maximum Gasteiger partial charge on any atom is 0.416 e. The molecule has 0 spiro atoms. The molecular weight excluding hydrogens is 459 g/mol. The number of nitrogens with zero attached hydrogens (tertiary/aromatic N) is 4. The number of rotatable bonds is 3. The van der Waals surface area contributed by atoms with E-state index in [-0.39, 0.29) is 9.83 Å². The Morgan fingerprint density at radius 2 is 1.94 bits per heavy atom. The Bertz CT molecular complexity index is 1450. The lowest BCUT2D eigenvalue weighted by atomic mass is 10.0. The largest absolute Gasteiger partial charge is 0.416 e. The monoisotopic (exact) mass is 473 g/mol. The maximum absolute atomic E-state index is 13.2. The van der Waals surface area contributed by atoms with Crippen LogP contribution in [0.1, 0.15) is 16.8 Å².